The molecule has 0 spiro atoms. The lowest BCUT2D eigenvalue weighted by Crippen LogP contribution is -2.18. The van der Waals surface area contributed by atoms with Crippen molar-refractivity contribution in [2.45, 2.75) is 32.6 Å². The first-order chi connectivity index (χ1) is 6.41. The summed E-state index contributed by atoms with van der Waals surface area (Å²) < 4.78 is 5.23. The molecular weight excluding hydrogens is 230 g/mol. The van der Waals surface area contributed by atoms with Crippen LogP contribution in [0.1, 0.15) is 32.6 Å². The number of alkyl halides is 1. The third-order valence-electron chi connectivity index (χ3n) is 1.83. The molecule has 0 aliphatic carbocycles. The van der Waals surface area contributed by atoms with Crippen LogP contribution in [-0.4, -0.2) is 31.6 Å². The maximum atomic E-state index is 5.23. The molecule has 0 saturated carbocycles. The lowest BCUT2D eigenvalue weighted by molar-refractivity contribution is 0.145. The van der Waals surface area contributed by atoms with Crippen molar-refractivity contribution in [2.75, 3.05) is 31.6 Å². The fraction of sp³-hybridized carbons (Fsp3) is 1.00. The van der Waals surface area contributed by atoms with Gasteiger partial charge in [-0.2, -0.15) is 0 Å². The van der Waals surface area contributed by atoms with Crippen LogP contribution in [0.3, 0.4) is 0 Å². The third kappa shape index (κ3) is 12.4. The smallest absolute Gasteiger partial charge is 0.0477 e. The molecule has 0 aromatic carbocycles. The number of ether oxygens (including phenoxy) is 1. The minimum Gasteiger partial charge on any atom is -0.382 e. The lowest BCUT2D eigenvalue weighted by atomic mass is 10.2. The van der Waals surface area contributed by atoms with E-state index >= 15 is 0 Å². The van der Waals surface area contributed by atoms with E-state index in [1.807, 2.05) is 6.92 Å². The zero-order chi connectivity index (χ0) is 9.78. The monoisotopic (exact) mass is 251 g/mol. The summed E-state index contributed by atoms with van der Waals surface area (Å²) in [6.07, 6.45) is 5.04. The van der Waals surface area contributed by atoms with Crippen LogP contribution in [0.4, 0.5) is 0 Å². The molecule has 0 aliphatic rings. The molecule has 0 saturated heterocycles. The molecule has 0 aromatic heterocycles. The van der Waals surface area contributed by atoms with Crippen LogP contribution in [0.2, 0.25) is 0 Å². The molecule has 1 N–H and O–H groups in total. The van der Waals surface area contributed by atoms with Gasteiger partial charge in [0, 0.05) is 18.5 Å². The molecule has 0 radical (unpaired) electrons. The molecule has 0 bridgehead atoms. The third-order valence-corrected chi connectivity index (χ3v) is 2.39. The quantitative estimate of drug-likeness (QED) is 0.476. The Bertz CT molecular complexity index is 81.0. The van der Waals surface area contributed by atoms with Gasteiger partial charge in [-0.05, 0) is 39.3 Å². The molecule has 0 aromatic rings. The van der Waals surface area contributed by atoms with Gasteiger partial charge in [0.2, 0.25) is 0 Å². The summed E-state index contributed by atoms with van der Waals surface area (Å²) >= 11 is 3.42. The summed E-state index contributed by atoms with van der Waals surface area (Å²) in [5, 5.41) is 4.54. The second-order valence-electron chi connectivity index (χ2n) is 3.05. The minimum absolute atomic E-state index is 0.839. The Hall–Kier alpha value is 0.400. The van der Waals surface area contributed by atoms with Crippen LogP contribution >= 0.6 is 15.9 Å². The highest BCUT2D eigenvalue weighted by Gasteiger charge is 1.89. The van der Waals surface area contributed by atoms with E-state index in [0.29, 0.717) is 0 Å². The molecule has 3 heteroatoms. The van der Waals surface area contributed by atoms with Crippen molar-refractivity contribution < 1.29 is 4.74 Å². The first-order valence-electron chi connectivity index (χ1n) is 5.26. The van der Waals surface area contributed by atoms with Crippen molar-refractivity contribution in [1.82, 2.24) is 5.32 Å². The predicted molar refractivity (Wildman–Crippen MR) is 61.6 cm³/mol. The Morgan fingerprint density at radius 2 is 1.85 bits per heavy atom. The highest BCUT2D eigenvalue weighted by molar-refractivity contribution is 9.09. The summed E-state index contributed by atoms with van der Waals surface area (Å²) in [4.78, 5) is 0. The van der Waals surface area contributed by atoms with Crippen molar-refractivity contribution in [2.24, 2.45) is 0 Å². The number of hydrogen-bond acceptors (Lipinski definition) is 2. The Balaban J connectivity index is 2.76. The second-order valence-corrected chi connectivity index (χ2v) is 3.84. The number of nitrogens with one attached hydrogen (secondary N) is 1. The van der Waals surface area contributed by atoms with Crippen LogP contribution in [-0.2, 0) is 4.74 Å². The molecule has 0 fully saturated rings. The van der Waals surface area contributed by atoms with Gasteiger partial charge >= 0.3 is 0 Å². The zero-order valence-corrected chi connectivity index (χ0v) is 10.2. The fourth-order valence-corrected chi connectivity index (χ4v) is 1.49. The maximum absolute atomic E-state index is 5.23. The predicted octanol–water partition coefficient (Wildman–Crippen LogP) is 2.57. The van der Waals surface area contributed by atoms with Gasteiger partial charge in [-0.15, -0.1) is 0 Å². The normalized spacial score (nSPS) is 10.6. The van der Waals surface area contributed by atoms with E-state index in [0.717, 1.165) is 38.1 Å². The second kappa shape index (κ2) is 12.4. The number of halogens is 1. The Morgan fingerprint density at radius 1 is 1.08 bits per heavy atom. The number of hydrogen-bond donors (Lipinski definition) is 1. The summed E-state index contributed by atoms with van der Waals surface area (Å²) in [5.74, 6) is 0. The Kier molecular flexibility index (Phi) is 12.8. The van der Waals surface area contributed by atoms with E-state index in [-0.39, 0.29) is 0 Å². The van der Waals surface area contributed by atoms with E-state index < -0.39 is 0 Å². The van der Waals surface area contributed by atoms with Crippen molar-refractivity contribution in [3.05, 3.63) is 0 Å². The highest BCUT2D eigenvalue weighted by Crippen LogP contribution is 1.96. The standard InChI is InChI=1S/C10H22BrNO/c1-2-13-10-6-9-12-8-5-3-4-7-11/h12H,2-10H2,1H3. The molecule has 0 atom stereocenters. The van der Waals surface area contributed by atoms with Crippen LogP contribution in [0.5, 0.6) is 0 Å². The van der Waals surface area contributed by atoms with Crippen molar-refractivity contribution in [3.8, 4) is 0 Å². The zero-order valence-electron chi connectivity index (χ0n) is 8.65. The van der Waals surface area contributed by atoms with Gasteiger partial charge in [0.25, 0.3) is 0 Å². The maximum Gasteiger partial charge on any atom is 0.0477 e. The van der Waals surface area contributed by atoms with Gasteiger partial charge in [-0.25, -0.2) is 0 Å². The van der Waals surface area contributed by atoms with E-state index in [1.54, 1.807) is 0 Å². The molecule has 0 rings (SSSR count). The van der Waals surface area contributed by atoms with Gasteiger partial charge in [0.05, 0.1) is 0 Å². The van der Waals surface area contributed by atoms with Crippen molar-refractivity contribution in [1.29, 1.82) is 0 Å². The van der Waals surface area contributed by atoms with Gasteiger partial charge in [-0.1, -0.05) is 22.4 Å². The van der Waals surface area contributed by atoms with E-state index in [1.165, 1.54) is 19.3 Å². The fourth-order valence-electron chi connectivity index (χ4n) is 1.09. The van der Waals surface area contributed by atoms with Crippen molar-refractivity contribution in [3.63, 3.8) is 0 Å². The molecule has 0 heterocycles. The molecule has 13 heavy (non-hydrogen) atoms. The summed E-state index contributed by atoms with van der Waals surface area (Å²) in [6.45, 7) is 6.01. The first-order valence-corrected chi connectivity index (χ1v) is 6.38. The van der Waals surface area contributed by atoms with Crippen LogP contribution in [0.25, 0.3) is 0 Å². The van der Waals surface area contributed by atoms with Gasteiger partial charge < -0.3 is 10.1 Å². The summed E-state index contributed by atoms with van der Waals surface area (Å²) in [6, 6.07) is 0. The summed E-state index contributed by atoms with van der Waals surface area (Å²) in [7, 11) is 0. The molecule has 0 unspecified atom stereocenters. The largest absolute Gasteiger partial charge is 0.382 e. The topological polar surface area (TPSA) is 21.3 Å². The average Bonchev–Trinajstić information content (AvgIpc) is 2.16. The van der Waals surface area contributed by atoms with Gasteiger partial charge in [0.1, 0.15) is 0 Å². The lowest BCUT2D eigenvalue weighted by Gasteiger charge is -2.04. The molecule has 2 nitrogen and oxygen atoms in total. The van der Waals surface area contributed by atoms with Crippen LogP contribution in [0, 0.1) is 0 Å². The van der Waals surface area contributed by atoms with Crippen LogP contribution < -0.4 is 5.32 Å². The van der Waals surface area contributed by atoms with E-state index in [2.05, 4.69) is 21.2 Å². The van der Waals surface area contributed by atoms with Crippen LogP contribution in [0.15, 0.2) is 0 Å². The number of rotatable bonds is 10. The van der Waals surface area contributed by atoms with E-state index in [4.69, 9.17) is 4.74 Å². The number of unbranched alkanes of at least 4 members (excludes halogenated alkanes) is 2. The SMILES string of the molecule is CCOCCCNCCCCCBr. The Labute approximate surface area is 90.6 Å². The van der Waals surface area contributed by atoms with Gasteiger partial charge in [0.15, 0.2) is 0 Å². The Morgan fingerprint density at radius 3 is 2.54 bits per heavy atom. The summed E-state index contributed by atoms with van der Waals surface area (Å²) in [5.41, 5.74) is 0. The van der Waals surface area contributed by atoms with E-state index in [9.17, 15) is 0 Å². The molecule has 0 aliphatic heterocycles. The minimum atomic E-state index is 0.839. The molecular formula is C10H22BrNO. The first kappa shape index (κ1) is 13.4. The van der Waals surface area contributed by atoms with Gasteiger partial charge in [-0.3, -0.25) is 0 Å². The average molecular weight is 252 g/mol. The highest BCUT2D eigenvalue weighted by atomic mass is 79.9. The molecule has 0 amide bonds. The molecule has 80 valence electrons. The van der Waals surface area contributed by atoms with Crippen molar-refractivity contribution >= 4 is 15.9 Å².